The average molecular weight is 504 g/mol. The van der Waals surface area contributed by atoms with Crippen LogP contribution in [0.4, 0.5) is 19.0 Å². The number of aromatic amines is 1. The number of H-pyrrole nitrogens is 1. The van der Waals surface area contributed by atoms with E-state index in [2.05, 4.69) is 32.0 Å². The summed E-state index contributed by atoms with van der Waals surface area (Å²) in [6.07, 6.45) is -1.97. The lowest BCUT2D eigenvalue weighted by Gasteiger charge is -2.22. The smallest absolute Gasteiger partial charge is 0.361 e. The molecule has 37 heavy (non-hydrogen) atoms. The van der Waals surface area contributed by atoms with Crippen LogP contribution in [0.2, 0.25) is 0 Å². The Hall–Kier alpha value is -4.80. The molecular weight excluding hydrogens is 485 g/mol. The van der Waals surface area contributed by atoms with Crippen molar-refractivity contribution in [1.29, 1.82) is 0 Å². The highest BCUT2D eigenvalue weighted by atomic mass is 19.4. The number of aliphatic imine (C=N–C) groups is 1. The fraction of sp³-hybridized carbons (Fsp3) is 0.115. The number of nitrogens with one attached hydrogen (secondary N) is 2. The molecule has 5 rings (SSSR count). The van der Waals surface area contributed by atoms with Gasteiger partial charge in [0, 0.05) is 17.6 Å². The van der Waals surface area contributed by atoms with E-state index in [-0.39, 0.29) is 16.8 Å². The van der Waals surface area contributed by atoms with Gasteiger partial charge in [-0.3, -0.25) is 14.2 Å². The summed E-state index contributed by atoms with van der Waals surface area (Å²) in [5.41, 5.74) is -0.436. The van der Waals surface area contributed by atoms with Crippen molar-refractivity contribution in [2.24, 2.45) is 4.99 Å². The van der Waals surface area contributed by atoms with Crippen molar-refractivity contribution in [3.63, 3.8) is 0 Å². The number of para-hydroxylation sites is 1. The van der Waals surface area contributed by atoms with Crippen molar-refractivity contribution >= 4 is 40.2 Å². The van der Waals surface area contributed by atoms with Gasteiger partial charge in [0.2, 0.25) is 0 Å². The average Bonchev–Trinajstić information content (AvgIpc) is 3.33. The Morgan fingerprint density at radius 2 is 1.86 bits per heavy atom. The number of fused-ring (bicyclic) bond motifs is 2. The van der Waals surface area contributed by atoms with Crippen molar-refractivity contribution in [3.8, 4) is 5.69 Å². The second kappa shape index (κ2) is 9.01. The minimum atomic E-state index is -4.71. The molecule has 5 aromatic rings. The fourth-order valence-electron chi connectivity index (χ4n) is 4.39. The predicted molar refractivity (Wildman–Crippen MR) is 134 cm³/mol. The first-order valence-corrected chi connectivity index (χ1v) is 11.1. The molecule has 0 radical (unpaired) electrons. The zero-order valence-corrected chi connectivity index (χ0v) is 19.4. The van der Waals surface area contributed by atoms with Crippen LogP contribution in [-0.4, -0.2) is 32.1 Å². The summed E-state index contributed by atoms with van der Waals surface area (Å²) in [4.78, 5) is 40.7. The van der Waals surface area contributed by atoms with Crippen LogP contribution in [0.25, 0.3) is 27.5 Å². The van der Waals surface area contributed by atoms with Gasteiger partial charge in [0.25, 0.3) is 11.5 Å². The molecule has 2 aromatic carbocycles. The first kappa shape index (κ1) is 23.9. The van der Waals surface area contributed by atoms with Crippen molar-refractivity contribution in [2.45, 2.75) is 19.1 Å². The zero-order chi connectivity index (χ0) is 26.3. The SMILES string of the molecule is C=NC(=O)c1c[nH]c2ncnc(N[C@@H](C)c3cc4cccc(C(F)(F)F)c4c(=O)n3-c3ccccc3)c12. The van der Waals surface area contributed by atoms with E-state index in [4.69, 9.17) is 0 Å². The molecule has 0 spiro atoms. The minimum Gasteiger partial charge on any atom is -0.361 e. The molecule has 0 aliphatic heterocycles. The van der Waals surface area contributed by atoms with Crippen molar-refractivity contribution in [1.82, 2.24) is 19.5 Å². The number of rotatable bonds is 5. The van der Waals surface area contributed by atoms with Crippen LogP contribution in [0.5, 0.6) is 0 Å². The summed E-state index contributed by atoms with van der Waals surface area (Å²) in [6.45, 7) is 5.01. The van der Waals surface area contributed by atoms with E-state index in [0.717, 1.165) is 6.07 Å². The standard InChI is InChI=1S/C26H19F3N6O2/c1-14(34-23-21-17(24(36)30-2)12-31-22(21)32-13-33-23)19-11-15-7-6-10-18(26(27,28)29)20(15)25(37)35(19)16-8-4-3-5-9-16/h3-14H,2H2,1H3,(H2,31,32,33,34)/t14-/m0/s1. The summed E-state index contributed by atoms with van der Waals surface area (Å²) >= 11 is 0. The molecule has 3 heterocycles. The van der Waals surface area contributed by atoms with Crippen LogP contribution in [0.3, 0.4) is 0 Å². The first-order chi connectivity index (χ1) is 17.7. The van der Waals surface area contributed by atoms with E-state index in [9.17, 15) is 22.8 Å². The maximum absolute atomic E-state index is 13.8. The van der Waals surface area contributed by atoms with Crippen molar-refractivity contribution in [3.05, 3.63) is 94.3 Å². The number of halogens is 3. The Morgan fingerprint density at radius 1 is 1.11 bits per heavy atom. The highest BCUT2D eigenvalue weighted by molar-refractivity contribution is 6.10. The molecule has 0 saturated heterocycles. The lowest BCUT2D eigenvalue weighted by atomic mass is 10.0. The van der Waals surface area contributed by atoms with Crippen LogP contribution < -0.4 is 10.9 Å². The van der Waals surface area contributed by atoms with E-state index >= 15 is 0 Å². The fourth-order valence-corrected chi connectivity index (χ4v) is 4.39. The number of alkyl halides is 3. The van der Waals surface area contributed by atoms with Crippen LogP contribution in [0, 0.1) is 0 Å². The number of pyridine rings is 1. The number of carbonyl (C=O) groups is 1. The molecule has 1 amide bonds. The summed E-state index contributed by atoms with van der Waals surface area (Å²) < 4.78 is 42.7. The number of aromatic nitrogens is 4. The molecule has 0 aliphatic carbocycles. The number of hydrogen-bond donors (Lipinski definition) is 2. The third-order valence-corrected chi connectivity index (χ3v) is 6.04. The Balaban J connectivity index is 1.73. The van der Waals surface area contributed by atoms with Gasteiger partial charge in [-0.25, -0.2) is 15.0 Å². The quantitative estimate of drug-likeness (QED) is 0.316. The molecular formula is C26H19F3N6O2. The van der Waals surface area contributed by atoms with Crippen LogP contribution in [0.1, 0.15) is 34.6 Å². The second-order valence-corrected chi connectivity index (χ2v) is 8.29. The number of hydrogen-bond acceptors (Lipinski definition) is 5. The van der Waals surface area contributed by atoms with E-state index in [1.807, 2.05) is 0 Å². The summed E-state index contributed by atoms with van der Waals surface area (Å²) in [7, 11) is 0. The van der Waals surface area contributed by atoms with E-state index < -0.39 is 34.6 Å². The summed E-state index contributed by atoms with van der Waals surface area (Å²) in [5.74, 6) is -0.301. The lowest BCUT2D eigenvalue weighted by Crippen LogP contribution is -2.27. The third-order valence-electron chi connectivity index (χ3n) is 6.04. The molecule has 0 unspecified atom stereocenters. The molecule has 11 heteroatoms. The number of carbonyl (C=O) groups excluding carboxylic acids is 1. The Labute approximate surface area is 207 Å². The highest BCUT2D eigenvalue weighted by Crippen LogP contribution is 2.35. The van der Waals surface area contributed by atoms with Crippen LogP contribution in [0.15, 0.2) is 76.9 Å². The van der Waals surface area contributed by atoms with Gasteiger partial charge < -0.3 is 10.3 Å². The minimum absolute atomic E-state index is 0.150. The van der Waals surface area contributed by atoms with Crippen molar-refractivity contribution < 1.29 is 18.0 Å². The van der Waals surface area contributed by atoms with Gasteiger partial charge in [0.15, 0.2) is 0 Å². The highest BCUT2D eigenvalue weighted by Gasteiger charge is 2.34. The van der Waals surface area contributed by atoms with Crippen LogP contribution >= 0.6 is 0 Å². The first-order valence-electron chi connectivity index (χ1n) is 11.1. The molecule has 186 valence electrons. The maximum Gasteiger partial charge on any atom is 0.417 e. The normalized spacial score (nSPS) is 12.5. The van der Waals surface area contributed by atoms with Crippen LogP contribution in [-0.2, 0) is 6.18 Å². The maximum atomic E-state index is 13.8. The van der Waals surface area contributed by atoms with Crippen molar-refractivity contribution in [2.75, 3.05) is 5.32 Å². The summed E-state index contributed by atoms with van der Waals surface area (Å²) in [6, 6.07) is 13.0. The molecule has 8 nitrogen and oxygen atoms in total. The number of nitrogens with zero attached hydrogens (tertiary/aromatic N) is 4. The lowest BCUT2D eigenvalue weighted by molar-refractivity contribution is -0.136. The van der Waals surface area contributed by atoms with Gasteiger partial charge in [-0.15, -0.1) is 0 Å². The van der Waals surface area contributed by atoms with Gasteiger partial charge in [0.1, 0.15) is 17.8 Å². The number of anilines is 1. The Morgan fingerprint density at radius 3 is 2.57 bits per heavy atom. The molecule has 3 aromatic heterocycles. The zero-order valence-electron chi connectivity index (χ0n) is 19.4. The van der Waals surface area contributed by atoms with Gasteiger partial charge in [-0.05, 0) is 43.3 Å². The predicted octanol–water partition coefficient (Wildman–Crippen LogP) is 5.29. The molecule has 1 atom stereocenters. The Bertz CT molecular complexity index is 1720. The van der Waals surface area contributed by atoms with Gasteiger partial charge >= 0.3 is 6.18 Å². The molecule has 0 fully saturated rings. The third kappa shape index (κ3) is 4.14. The molecule has 0 aliphatic rings. The molecule has 2 N–H and O–H groups in total. The summed E-state index contributed by atoms with van der Waals surface area (Å²) in [5, 5.41) is 3.29. The topological polar surface area (TPSA) is 105 Å². The van der Waals surface area contributed by atoms with Gasteiger partial charge in [-0.2, -0.15) is 13.2 Å². The molecule has 0 bridgehead atoms. The second-order valence-electron chi connectivity index (χ2n) is 8.29. The van der Waals surface area contributed by atoms with E-state index in [1.54, 1.807) is 43.3 Å². The van der Waals surface area contributed by atoms with Gasteiger partial charge in [-0.1, -0.05) is 30.3 Å². The van der Waals surface area contributed by atoms with E-state index in [1.165, 1.54) is 29.2 Å². The monoisotopic (exact) mass is 504 g/mol. The largest absolute Gasteiger partial charge is 0.417 e. The van der Waals surface area contributed by atoms with E-state index in [0.29, 0.717) is 22.4 Å². The van der Waals surface area contributed by atoms with Gasteiger partial charge in [0.05, 0.1) is 27.9 Å². The molecule has 0 saturated carbocycles. The number of amides is 1. The number of benzene rings is 2. The Kier molecular flexibility index (Phi) is 5.82.